The summed E-state index contributed by atoms with van der Waals surface area (Å²) in [6, 6.07) is 14.0. The van der Waals surface area contributed by atoms with Crippen molar-refractivity contribution in [2.45, 2.75) is 32.1 Å². The van der Waals surface area contributed by atoms with Crippen LogP contribution in [-0.4, -0.2) is 24.9 Å². The van der Waals surface area contributed by atoms with Gasteiger partial charge in [-0.3, -0.25) is 9.59 Å². The van der Waals surface area contributed by atoms with E-state index < -0.39 is 0 Å². The van der Waals surface area contributed by atoms with Crippen LogP contribution in [0.4, 0.5) is 11.4 Å². The van der Waals surface area contributed by atoms with Crippen molar-refractivity contribution in [2.24, 2.45) is 0 Å². The number of para-hydroxylation sites is 2. The number of nitrogens with one attached hydrogen (secondary N) is 3. The maximum Gasteiger partial charge on any atom is 0.255 e. The van der Waals surface area contributed by atoms with Crippen LogP contribution in [0.2, 0.25) is 5.02 Å². The van der Waals surface area contributed by atoms with E-state index in [4.69, 9.17) is 11.6 Å². The monoisotopic (exact) mass is 411 g/mol. The molecule has 0 saturated carbocycles. The molecule has 1 aliphatic rings. The Balaban J connectivity index is 1.49. The molecule has 2 aromatic carbocycles. The first-order chi connectivity index (χ1) is 14.1. The average Bonchev–Trinajstić information content (AvgIpc) is 2.74. The normalized spacial score (nSPS) is 13.3. The fraction of sp³-hybridized carbons (Fsp3) is 0.304. The molecule has 0 aliphatic heterocycles. The number of amides is 2. The van der Waals surface area contributed by atoms with Crippen LogP contribution in [-0.2, 0) is 4.79 Å². The zero-order valence-corrected chi connectivity index (χ0v) is 17.1. The van der Waals surface area contributed by atoms with Gasteiger partial charge in [0.05, 0.1) is 17.9 Å². The zero-order chi connectivity index (χ0) is 20.5. The van der Waals surface area contributed by atoms with Gasteiger partial charge in [-0.15, -0.1) is 0 Å². The minimum absolute atomic E-state index is 0.0692. The fourth-order valence-electron chi connectivity index (χ4n) is 3.27. The molecule has 0 radical (unpaired) electrons. The van der Waals surface area contributed by atoms with Gasteiger partial charge in [0.25, 0.3) is 5.91 Å². The number of carbonyl (C=O) groups excluding carboxylic acids is 2. The van der Waals surface area contributed by atoms with Gasteiger partial charge in [-0.05, 0) is 68.5 Å². The van der Waals surface area contributed by atoms with Gasteiger partial charge >= 0.3 is 0 Å². The van der Waals surface area contributed by atoms with Gasteiger partial charge in [-0.25, -0.2) is 0 Å². The predicted molar refractivity (Wildman–Crippen MR) is 119 cm³/mol. The summed E-state index contributed by atoms with van der Waals surface area (Å²) in [7, 11) is 0. The van der Waals surface area contributed by atoms with Crippen LogP contribution in [0, 0.1) is 0 Å². The van der Waals surface area contributed by atoms with E-state index in [1.807, 2.05) is 18.2 Å². The van der Waals surface area contributed by atoms with Crippen LogP contribution < -0.4 is 16.0 Å². The SMILES string of the molecule is O=C(CNc1ccccc1NC(=O)c1ccc(Cl)cc1)NCCC1=CCCCC1. The number of anilines is 2. The van der Waals surface area contributed by atoms with E-state index in [9.17, 15) is 9.59 Å². The van der Waals surface area contributed by atoms with E-state index >= 15 is 0 Å². The summed E-state index contributed by atoms with van der Waals surface area (Å²) in [5.41, 5.74) is 3.27. The third-order valence-electron chi connectivity index (χ3n) is 4.87. The highest BCUT2D eigenvalue weighted by Gasteiger charge is 2.10. The lowest BCUT2D eigenvalue weighted by Crippen LogP contribution is -2.31. The number of hydrogen-bond donors (Lipinski definition) is 3. The molecule has 3 N–H and O–H groups in total. The Bertz CT molecular complexity index is 878. The molecule has 2 amide bonds. The molecule has 0 aromatic heterocycles. The molecule has 1 aliphatic carbocycles. The largest absolute Gasteiger partial charge is 0.374 e. The van der Waals surface area contributed by atoms with Gasteiger partial charge < -0.3 is 16.0 Å². The summed E-state index contributed by atoms with van der Waals surface area (Å²) >= 11 is 5.87. The van der Waals surface area contributed by atoms with Gasteiger partial charge in [0.2, 0.25) is 5.91 Å². The van der Waals surface area contributed by atoms with Gasteiger partial charge in [-0.1, -0.05) is 35.4 Å². The van der Waals surface area contributed by atoms with E-state index in [1.54, 1.807) is 30.3 Å². The zero-order valence-electron chi connectivity index (χ0n) is 16.3. The summed E-state index contributed by atoms with van der Waals surface area (Å²) in [6.07, 6.45) is 8.04. The van der Waals surface area contributed by atoms with Crippen LogP contribution in [0.15, 0.2) is 60.2 Å². The van der Waals surface area contributed by atoms with E-state index in [1.165, 1.54) is 18.4 Å². The van der Waals surface area contributed by atoms with Crippen molar-refractivity contribution in [3.8, 4) is 0 Å². The molecule has 0 unspecified atom stereocenters. The number of carbonyl (C=O) groups is 2. The third kappa shape index (κ3) is 6.64. The maximum atomic E-state index is 12.4. The molecular formula is C23H26ClN3O2. The second-order valence-corrected chi connectivity index (χ2v) is 7.50. The van der Waals surface area contributed by atoms with Crippen molar-refractivity contribution >= 4 is 34.8 Å². The summed E-state index contributed by atoms with van der Waals surface area (Å²) in [5, 5.41) is 9.51. The van der Waals surface area contributed by atoms with Crippen molar-refractivity contribution in [1.29, 1.82) is 0 Å². The Hall–Kier alpha value is -2.79. The Morgan fingerprint density at radius 1 is 0.966 bits per heavy atom. The molecular weight excluding hydrogens is 386 g/mol. The molecule has 3 rings (SSSR count). The van der Waals surface area contributed by atoms with Crippen LogP contribution >= 0.6 is 11.6 Å². The van der Waals surface area contributed by atoms with Crippen molar-refractivity contribution in [1.82, 2.24) is 5.32 Å². The molecule has 5 nitrogen and oxygen atoms in total. The number of benzene rings is 2. The Morgan fingerprint density at radius 3 is 2.45 bits per heavy atom. The van der Waals surface area contributed by atoms with E-state index in [-0.39, 0.29) is 18.4 Å². The van der Waals surface area contributed by atoms with Gasteiger partial charge in [-0.2, -0.15) is 0 Å². The second-order valence-electron chi connectivity index (χ2n) is 7.07. The van der Waals surface area contributed by atoms with Crippen LogP contribution in [0.25, 0.3) is 0 Å². The van der Waals surface area contributed by atoms with Crippen LogP contribution in [0.1, 0.15) is 42.5 Å². The van der Waals surface area contributed by atoms with E-state index in [2.05, 4.69) is 22.0 Å². The minimum Gasteiger partial charge on any atom is -0.374 e. The Morgan fingerprint density at radius 2 is 1.72 bits per heavy atom. The lowest BCUT2D eigenvalue weighted by molar-refractivity contribution is -0.119. The van der Waals surface area contributed by atoms with E-state index in [0.29, 0.717) is 28.5 Å². The summed E-state index contributed by atoms with van der Waals surface area (Å²) in [4.78, 5) is 24.6. The first-order valence-corrected chi connectivity index (χ1v) is 10.3. The Labute approximate surface area is 176 Å². The van der Waals surface area contributed by atoms with Crippen molar-refractivity contribution < 1.29 is 9.59 Å². The standard InChI is InChI=1S/C23H26ClN3O2/c24-19-12-10-18(11-13-19)23(29)27-21-9-5-4-8-20(21)26-16-22(28)25-15-14-17-6-2-1-3-7-17/h4-6,8-13,26H,1-3,7,14-16H2,(H,25,28)(H,27,29). The average molecular weight is 412 g/mol. The molecule has 0 saturated heterocycles. The van der Waals surface area contributed by atoms with Crippen LogP contribution in [0.5, 0.6) is 0 Å². The summed E-state index contributed by atoms with van der Waals surface area (Å²) in [5.74, 6) is -0.304. The van der Waals surface area contributed by atoms with Crippen LogP contribution in [0.3, 0.4) is 0 Å². The molecule has 6 heteroatoms. The first-order valence-electron chi connectivity index (χ1n) is 9.96. The quantitative estimate of drug-likeness (QED) is 0.534. The lowest BCUT2D eigenvalue weighted by Gasteiger charge is -2.14. The molecule has 0 bridgehead atoms. The molecule has 152 valence electrons. The molecule has 2 aromatic rings. The predicted octanol–water partition coefficient (Wildman–Crippen LogP) is 5.01. The smallest absolute Gasteiger partial charge is 0.255 e. The molecule has 0 atom stereocenters. The Kier molecular flexibility index (Phi) is 7.70. The lowest BCUT2D eigenvalue weighted by atomic mass is 9.97. The molecule has 0 fully saturated rings. The highest BCUT2D eigenvalue weighted by atomic mass is 35.5. The fourth-order valence-corrected chi connectivity index (χ4v) is 3.40. The topological polar surface area (TPSA) is 70.2 Å². The molecule has 0 heterocycles. The first kappa shape index (κ1) is 20.9. The highest BCUT2D eigenvalue weighted by Crippen LogP contribution is 2.22. The second kappa shape index (κ2) is 10.7. The van der Waals surface area contributed by atoms with Gasteiger partial charge in [0.15, 0.2) is 0 Å². The number of rotatable bonds is 8. The van der Waals surface area contributed by atoms with Gasteiger partial charge in [0, 0.05) is 17.1 Å². The highest BCUT2D eigenvalue weighted by molar-refractivity contribution is 6.30. The van der Waals surface area contributed by atoms with E-state index in [0.717, 1.165) is 19.3 Å². The maximum absolute atomic E-state index is 12.4. The van der Waals surface area contributed by atoms with Gasteiger partial charge in [0.1, 0.15) is 0 Å². The van der Waals surface area contributed by atoms with Crippen molar-refractivity contribution in [2.75, 3.05) is 23.7 Å². The number of allylic oxidation sites excluding steroid dienone is 1. The van der Waals surface area contributed by atoms with Crippen molar-refractivity contribution in [3.05, 3.63) is 70.8 Å². The minimum atomic E-state index is -0.235. The van der Waals surface area contributed by atoms with Crippen molar-refractivity contribution in [3.63, 3.8) is 0 Å². The molecule has 0 spiro atoms. The number of hydrogen-bond acceptors (Lipinski definition) is 3. The number of halogens is 1. The summed E-state index contributed by atoms with van der Waals surface area (Å²) < 4.78 is 0. The third-order valence-corrected chi connectivity index (χ3v) is 5.13. The molecule has 29 heavy (non-hydrogen) atoms. The summed E-state index contributed by atoms with van der Waals surface area (Å²) in [6.45, 7) is 0.800.